The van der Waals surface area contributed by atoms with Gasteiger partial charge in [-0.2, -0.15) is 4.31 Å². The molecule has 25 heavy (non-hydrogen) atoms. The van der Waals surface area contributed by atoms with E-state index in [4.69, 9.17) is 11.6 Å². The van der Waals surface area contributed by atoms with Crippen LogP contribution in [0.2, 0.25) is 4.34 Å². The number of anilines is 1. The Morgan fingerprint density at radius 3 is 2.40 bits per heavy atom. The van der Waals surface area contributed by atoms with Gasteiger partial charge in [-0.25, -0.2) is 8.42 Å². The molecule has 7 nitrogen and oxygen atoms in total. The molecule has 1 fully saturated rings. The first-order valence-electron chi connectivity index (χ1n) is 7.23. The molecular weight excluding hydrogens is 454 g/mol. The Morgan fingerprint density at radius 2 is 1.84 bits per heavy atom. The van der Waals surface area contributed by atoms with Crippen molar-refractivity contribution in [1.29, 1.82) is 0 Å². The van der Waals surface area contributed by atoms with Crippen molar-refractivity contribution in [2.24, 2.45) is 0 Å². The monoisotopic (exact) mass is 465 g/mol. The predicted octanol–water partition coefficient (Wildman–Crippen LogP) is 3.58. The molecule has 3 rings (SSSR count). The molecule has 0 N–H and O–H groups in total. The fraction of sp³-hybridized carbons (Fsp3) is 0.286. The molecule has 134 valence electrons. The van der Waals surface area contributed by atoms with E-state index in [0.29, 0.717) is 27.6 Å². The molecular formula is C14H13BrClN3O4S2. The summed E-state index contributed by atoms with van der Waals surface area (Å²) in [6.45, 7) is 1.26. The molecule has 2 heterocycles. The van der Waals surface area contributed by atoms with Crippen molar-refractivity contribution in [2.75, 3.05) is 31.1 Å². The summed E-state index contributed by atoms with van der Waals surface area (Å²) in [5.74, 6) is 0. The van der Waals surface area contributed by atoms with Gasteiger partial charge in [0, 0.05) is 36.7 Å². The Hall–Kier alpha value is -1.20. The molecule has 0 saturated carbocycles. The second-order valence-corrected chi connectivity index (χ2v) is 10.1. The van der Waals surface area contributed by atoms with E-state index >= 15 is 0 Å². The second kappa shape index (κ2) is 7.20. The highest BCUT2D eigenvalue weighted by Crippen LogP contribution is 2.33. The average molecular weight is 467 g/mol. The number of thiophene rings is 1. The number of hydrogen-bond donors (Lipinski definition) is 0. The summed E-state index contributed by atoms with van der Waals surface area (Å²) in [7, 11) is -3.58. The minimum Gasteiger partial charge on any atom is -0.363 e. The third-order valence-corrected chi connectivity index (χ3v) is 7.95. The van der Waals surface area contributed by atoms with Gasteiger partial charge in [0.15, 0.2) is 0 Å². The molecule has 0 amide bonds. The van der Waals surface area contributed by atoms with Crippen LogP contribution in [0.25, 0.3) is 0 Å². The Kier molecular flexibility index (Phi) is 5.35. The number of piperazine rings is 1. The number of nitro benzene ring substituents is 1. The van der Waals surface area contributed by atoms with Gasteiger partial charge in [0.1, 0.15) is 9.90 Å². The lowest BCUT2D eigenvalue weighted by Gasteiger charge is -2.34. The molecule has 2 aromatic rings. The zero-order chi connectivity index (χ0) is 18.2. The van der Waals surface area contributed by atoms with E-state index in [1.807, 2.05) is 4.90 Å². The molecule has 11 heteroatoms. The predicted molar refractivity (Wildman–Crippen MR) is 101 cm³/mol. The summed E-state index contributed by atoms with van der Waals surface area (Å²) in [5, 5.41) is 11.3. The standard InChI is InChI=1S/C14H13BrClN3O4S2/c15-10-1-2-11(12(9-10)19(20)21)17-5-7-18(8-6-17)25(22,23)14-4-3-13(16)24-14/h1-4,9H,5-8H2. The zero-order valence-corrected chi connectivity index (χ0v) is 16.7. The number of hydrogen-bond acceptors (Lipinski definition) is 6. The highest BCUT2D eigenvalue weighted by Gasteiger charge is 2.31. The molecule has 1 aliphatic rings. The number of nitro groups is 1. The maximum absolute atomic E-state index is 12.6. The van der Waals surface area contributed by atoms with Crippen LogP contribution < -0.4 is 4.90 Å². The summed E-state index contributed by atoms with van der Waals surface area (Å²) in [5.41, 5.74) is 0.486. The largest absolute Gasteiger partial charge is 0.363 e. The van der Waals surface area contributed by atoms with Crippen LogP contribution in [0.3, 0.4) is 0 Å². The molecule has 0 radical (unpaired) electrons. The van der Waals surface area contributed by atoms with Crippen molar-refractivity contribution in [1.82, 2.24) is 4.31 Å². The summed E-state index contributed by atoms with van der Waals surface area (Å²) in [6, 6.07) is 7.91. The lowest BCUT2D eigenvalue weighted by Crippen LogP contribution is -2.48. The minimum atomic E-state index is -3.58. The maximum Gasteiger partial charge on any atom is 0.293 e. The highest BCUT2D eigenvalue weighted by molar-refractivity contribution is 9.10. The van der Waals surface area contributed by atoms with Gasteiger partial charge in [-0.3, -0.25) is 10.1 Å². The fourth-order valence-electron chi connectivity index (χ4n) is 2.64. The van der Waals surface area contributed by atoms with Crippen LogP contribution in [0, 0.1) is 10.1 Å². The molecule has 0 spiro atoms. The molecule has 0 bridgehead atoms. The van der Waals surface area contributed by atoms with Crippen LogP contribution in [0.1, 0.15) is 0 Å². The van der Waals surface area contributed by atoms with Gasteiger partial charge in [0.25, 0.3) is 15.7 Å². The Morgan fingerprint density at radius 1 is 1.16 bits per heavy atom. The van der Waals surface area contributed by atoms with Gasteiger partial charge in [-0.15, -0.1) is 11.3 Å². The van der Waals surface area contributed by atoms with E-state index in [9.17, 15) is 18.5 Å². The lowest BCUT2D eigenvalue weighted by molar-refractivity contribution is -0.384. The third kappa shape index (κ3) is 3.82. The van der Waals surface area contributed by atoms with E-state index in [-0.39, 0.29) is 23.0 Å². The summed E-state index contributed by atoms with van der Waals surface area (Å²) in [4.78, 5) is 12.7. The zero-order valence-electron chi connectivity index (χ0n) is 12.8. The number of sulfonamides is 1. The SMILES string of the molecule is O=[N+]([O-])c1cc(Br)ccc1N1CCN(S(=O)(=O)c2ccc(Cl)s2)CC1. The van der Waals surface area contributed by atoms with E-state index in [0.717, 1.165) is 11.3 Å². The molecule has 1 aliphatic heterocycles. The van der Waals surface area contributed by atoms with Crippen molar-refractivity contribution in [2.45, 2.75) is 4.21 Å². The van der Waals surface area contributed by atoms with Crippen molar-refractivity contribution in [3.8, 4) is 0 Å². The normalized spacial score (nSPS) is 16.2. The van der Waals surface area contributed by atoms with E-state index in [2.05, 4.69) is 15.9 Å². The van der Waals surface area contributed by atoms with Crippen LogP contribution in [0.15, 0.2) is 39.0 Å². The lowest BCUT2D eigenvalue weighted by atomic mass is 10.2. The van der Waals surface area contributed by atoms with Crippen molar-refractivity contribution < 1.29 is 13.3 Å². The van der Waals surface area contributed by atoms with Crippen molar-refractivity contribution >= 4 is 60.3 Å². The van der Waals surface area contributed by atoms with Gasteiger partial charge in [0.05, 0.1) is 9.26 Å². The molecule has 1 aromatic heterocycles. The van der Waals surface area contributed by atoms with Gasteiger partial charge in [0.2, 0.25) is 0 Å². The second-order valence-electron chi connectivity index (χ2n) is 5.34. The smallest absolute Gasteiger partial charge is 0.293 e. The fourth-order valence-corrected chi connectivity index (χ4v) is 6.05. The Bertz CT molecular complexity index is 911. The molecule has 1 aromatic carbocycles. The number of benzene rings is 1. The van der Waals surface area contributed by atoms with Gasteiger partial charge >= 0.3 is 0 Å². The summed E-state index contributed by atoms with van der Waals surface area (Å²) < 4.78 is 27.9. The molecule has 0 unspecified atom stereocenters. The Balaban J connectivity index is 1.78. The number of rotatable bonds is 4. The maximum atomic E-state index is 12.6. The van der Waals surface area contributed by atoms with Crippen molar-refractivity contribution in [3.05, 3.63) is 49.3 Å². The van der Waals surface area contributed by atoms with E-state index in [1.54, 1.807) is 18.2 Å². The topological polar surface area (TPSA) is 83.8 Å². The summed E-state index contributed by atoms with van der Waals surface area (Å²) >= 11 is 10.1. The van der Waals surface area contributed by atoms with Gasteiger partial charge in [-0.05, 0) is 24.3 Å². The van der Waals surface area contributed by atoms with Crippen LogP contribution >= 0.6 is 38.9 Å². The first-order valence-corrected chi connectivity index (χ1v) is 10.7. The minimum absolute atomic E-state index is 0.00396. The van der Waals surface area contributed by atoms with Gasteiger partial charge < -0.3 is 4.90 Å². The van der Waals surface area contributed by atoms with Crippen LogP contribution in [-0.2, 0) is 10.0 Å². The number of halogens is 2. The number of nitrogens with zero attached hydrogens (tertiary/aromatic N) is 3. The molecule has 0 atom stereocenters. The summed E-state index contributed by atoms with van der Waals surface area (Å²) in [6.07, 6.45) is 0. The average Bonchev–Trinajstić information content (AvgIpc) is 3.02. The van der Waals surface area contributed by atoms with Crippen LogP contribution in [-0.4, -0.2) is 43.8 Å². The van der Waals surface area contributed by atoms with E-state index in [1.165, 1.54) is 16.4 Å². The van der Waals surface area contributed by atoms with Crippen molar-refractivity contribution in [3.63, 3.8) is 0 Å². The first kappa shape index (κ1) is 18.6. The van der Waals surface area contributed by atoms with Crippen LogP contribution in [0.5, 0.6) is 0 Å². The quantitative estimate of drug-likeness (QED) is 0.508. The first-order chi connectivity index (χ1) is 11.8. The van der Waals surface area contributed by atoms with Gasteiger partial charge in [-0.1, -0.05) is 27.5 Å². The third-order valence-electron chi connectivity index (χ3n) is 3.86. The molecule has 0 aliphatic carbocycles. The highest BCUT2D eigenvalue weighted by atomic mass is 79.9. The Labute approximate surface area is 162 Å². The molecule has 1 saturated heterocycles. The van der Waals surface area contributed by atoms with E-state index < -0.39 is 14.9 Å². The van der Waals surface area contributed by atoms with Crippen LogP contribution in [0.4, 0.5) is 11.4 Å².